The Morgan fingerprint density at radius 3 is 2.67 bits per heavy atom. The number of carbonyl (C=O) groups is 1. The molecule has 0 radical (unpaired) electrons. The van der Waals surface area contributed by atoms with Gasteiger partial charge in [0, 0.05) is 13.1 Å². The number of rotatable bonds is 5. The predicted octanol–water partition coefficient (Wildman–Crippen LogP) is -1.02. The third-order valence-electron chi connectivity index (χ3n) is 3.40. The number of hydrogen-bond acceptors (Lipinski definition) is 7. The van der Waals surface area contributed by atoms with Gasteiger partial charge in [0.25, 0.3) is 10.2 Å². The molecule has 1 unspecified atom stereocenters. The van der Waals surface area contributed by atoms with Crippen molar-refractivity contribution in [1.29, 1.82) is 0 Å². The van der Waals surface area contributed by atoms with Crippen molar-refractivity contribution >= 4 is 16.2 Å². The second-order valence-corrected chi connectivity index (χ2v) is 6.51. The summed E-state index contributed by atoms with van der Waals surface area (Å²) < 4.78 is 33.0. The molecule has 118 valence electrons. The van der Waals surface area contributed by atoms with Crippen molar-refractivity contribution in [3.63, 3.8) is 0 Å². The van der Waals surface area contributed by atoms with Crippen LogP contribution in [0.15, 0.2) is 0 Å². The highest BCUT2D eigenvalue weighted by Crippen LogP contribution is 2.21. The first-order chi connectivity index (χ1) is 9.94. The van der Waals surface area contributed by atoms with Crippen molar-refractivity contribution in [3.8, 4) is 0 Å². The van der Waals surface area contributed by atoms with Gasteiger partial charge in [-0.25, -0.2) is 0 Å². The Balaban J connectivity index is 1.94. The molecule has 2 rings (SSSR count). The number of H-pyrrole nitrogens is 1. The molecule has 0 spiro atoms. The summed E-state index contributed by atoms with van der Waals surface area (Å²) in [6, 6.07) is -0.591. The summed E-state index contributed by atoms with van der Waals surface area (Å²) in [5.41, 5.74) is 0. The van der Waals surface area contributed by atoms with Crippen LogP contribution in [0.3, 0.4) is 0 Å². The summed E-state index contributed by atoms with van der Waals surface area (Å²) in [7, 11) is -2.32. The fourth-order valence-corrected chi connectivity index (χ4v) is 3.59. The van der Waals surface area contributed by atoms with E-state index in [2.05, 4.69) is 30.1 Å². The molecule has 0 saturated carbocycles. The topological polar surface area (TPSA) is 130 Å². The molecular formula is C10H18N6O4S. The van der Waals surface area contributed by atoms with Crippen LogP contribution in [0, 0.1) is 5.92 Å². The molecule has 21 heavy (non-hydrogen) atoms. The number of aromatic amines is 1. The number of esters is 1. The Morgan fingerprint density at radius 1 is 1.48 bits per heavy atom. The Bertz CT molecular complexity index is 566. The quantitative estimate of drug-likeness (QED) is 0.664. The van der Waals surface area contributed by atoms with Crippen LogP contribution in [0.4, 0.5) is 0 Å². The molecule has 0 aliphatic carbocycles. The average molecular weight is 318 g/mol. The predicted molar refractivity (Wildman–Crippen MR) is 71.0 cm³/mol. The van der Waals surface area contributed by atoms with E-state index in [-0.39, 0.29) is 30.8 Å². The SMILES string of the molecule is COC(=O)C1CCN(S(=O)(=O)NC(C)c2nn[nH]n2)CC1. The molecule has 1 atom stereocenters. The molecule has 11 heteroatoms. The van der Waals surface area contributed by atoms with Crippen LogP contribution in [0.1, 0.15) is 31.6 Å². The van der Waals surface area contributed by atoms with E-state index < -0.39 is 16.3 Å². The van der Waals surface area contributed by atoms with Crippen LogP contribution in [0.25, 0.3) is 0 Å². The van der Waals surface area contributed by atoms with Gasteiger partial charge in [-0.15, -0.1) is 10.2 Å². The van der Waals surface area contributed by atoms with E-state index in [9.17, 15) is 13.2 Å². The lowest BCUT2D eigenvalue weighted by molar-refractivity contribution is -0.146. The van der Waals surface area contributed by atoms with Crippen LogP contribution < -0.4 is 4.72 Å². The normalized spacial score (nSPS) is 19.3. The second kappa shape index (κ2) is 6.45. The Labute approximate surface area is 122 Å². The van der Waals surface area contributed by atoms with Gasteiger partial charge in [-0.3, -0.25) is 4.79 Å². The van der Waals surface area contributed by atoms with Crippen LogP contribution in [-0.4, -0.2) is 59.5 Å². The summed E-state index contributed by atoms with van der Waals surface area (Å²) >= 11 is 0. The van der Waals surface area contributed by atoms with Gasteiger partial charge in [-0.2, -0.15) is 22.7 Å². The summed E-state index contributed by atoms with van der Waals surface area (Å²) in [4.78, 5) is 11.4. The summed E-state index contributed by atoms with van der Waals surface area (Å²) in [5, 5.41) is 13.1. The first-order valence-corrected chi connectivity index (χ1v) is 7.96. The van der Waals surface area contributed by atoms with Crippen LogP contribution in [0.2, 0.25) is 0 Å². The molecule has 1 aliphatic rings. The van der Waals surface area contributed by atoms with Crippen LogP contribution >= 0.6 is 0 Å². The molecule has 1 aromatic rings. The smallest absolute Gasteiger partial charge is 0.308 e. The molecule has 2 heterocycles. The number of piperidine rings is 1. The molecule has 1 aromatic heterocycles. The molecule has 1 fully saturated rings. The number of methoxy groups -OCH3 is 1. The molecule has 1 saturated heterocycles. The molecule has 10 nitrogen and oxygen atoms in total. The Hall–Kier alpha value is -1.59. The molecule has 0 bridgehead atoms. The standard InChI is InChI=1S/C10H18N6O4S/c1-7(9-11-14-15-12-9)13-21(18,19)16-5-3-8(4-6-16)10(17)20-2/h7-8,13H,3-6H2,1-2H3,(H,11,12,14,15). The van der Waals surface area contributed by atoms with E-state index >= 15 is 0 Å². The van der Waals surface area contributed by atoms with Gasteiger partial charge in [0.05, 0.1) is 19.1 Å². The molecule has 2 N–H and O–H groups in total. The molecule has 0 aromatic carbocycles. The summed E-state index contributed by atoms with van der Waals surface area (Å²) in [6.45, 7) is 2.17. The zero-order valence-electron chi connectivity index (χ0n) is 11.8. The van der Waals surface area contributed by atoms with E-state index in [0.717, 1.165) is 0 Å². The summed E-state index contributed by atoms with van der Waals surface area (Å²) in [5.74, 6) is -0.265. The zero-order chi connectivity index (χ0) is 15.5. The van der Waals surface area contributed by atoms with Crippen molar-refractivity contribution in [1.82, 2.24) is 29.7 Å². The maximum Gasteiger partial charge on any atom is 0.308 e. The summed E-state index contributed by atoms with van der Waals surface area (Å²) in [6.07, 6.45) is 0.897. The van der Waals surface area contributed by atoms with Gasteiger partial charge in [-0.05, 0) is 19.8 Å². The molecule has 1 aliphatic heterocycles. The lowest BCUT2D eigenvalue weighted by atomic mass is 9.99. The number of hydrogen-bond donors (Lipinski definition) is 2. The molecular weight excluding hydrogens is 300 g/mol. The largest absolute Gasteiger partial charge is 0.469 e. The monoisotopic (exact) mass is 318 g/mol. The number of ether oxygens (including phenoxy) is 1. The number of carbonyl (C=O) groups excluding carboxylic acids is 1. The highest BCUT2D eigenvalue weighted by atomic mass is 32.2. The number of aromatic nitrogens is 4. The van der Waals surface area contributed by atoms with Gasteiger partial charge in [0.2, 0.25) is 0 Å². The van der Waals surface area contributed by atoms with Crippen molar-refractivity contribution in [3.05, 3.63) is 5.82 Å². The van der Waals surface area contributed by atoms with E-state index in [0.29, 0.717) is 12.8 Å². The number of tetrazole rings is 1. The minimum Gasteiger partial charge on any atom is -0.469 e. The van der Waals surface area contributed by atoms with E-state index in [4.69, 9.17) is 0 Å². The van der Waals surface area contributed by atoms with Crippen LogP contribution in [0.5, 0.6) is 0 Å². The first-order valence-electron chi connectivity index (χ1n) is 6.52. The highest BCUT2D eigenvalue weighted by Gasteiger charge is 2.32. The van der Waals surface area contributed by atoms with Crippen molar-refractivity contribution in [2.75, 3.05) is 20.2 Å². The van der Waals surface area contributed by atoms with Crippen molar-refractivity contribution in [2.24, 2.45) is 5.92 Å². The number of nitrogens with one attached hydrogen (secondary N) is 2. The van der Waals surface area contributed by atoms with Gasteiger partial charge < -0.3 is 4.74 Å². The Kier molecular flexibility index (Phi) is 4.85. The number of nitrogens with zero attached hydrogens (tertiary/aromatic N) is 4. The van der Waals surface area contributed by atoms with E-state index in [1.165, 1.54) is 11.4 Å². The minimum absolute atomic E-state index is 0.240. The lowest BCUT2D eigenvalue weighted by Gasteiger charge is -2.30. The molecule has 0 amide bonds. The van der Waals surface area contributed by atoms with Crippen molar-refractivity contribution < 1.29 is 17.9 Å². The first kappa shape index (κ1) is 15.8. The maximum absolute atomic E-state index is 12.2. The fraction of sp³-hybridized carbons (Fsp3) is 0.800. The second-order valence-electron chi connectivity index (χ2n) is 4.81. The zero-order valence-corrected chi connectivity index (χ0v) is 12.6. The van der Waals surface area contributed by atoms with Gasteiger partial charge >= 0.3 is 5.97 Å². The van der Waals surface area contributed by atoms with Gasteiger partial charge in [0.1, 0.15) is 0 Å². The highest BCUT2D eigenvalue weighted by molar-refractivity contribution is 7.87. The van der Waals surface area contributed by atoms with E-state index in [1.807, 2.05) is 0 Å². The van der Waals surface area contributed by atoms with Gasteiger partial charge in [0.15, 0.2) is 5.82 Å². The van der Waals surface area contributed by atoms with E-state index in [1.54, 1.807) is 6.92 Å². The third-order valence-corrected chi connectivity index (χ3v) is 5.10. The maximum atomic E-state index is 12.2. The fourth-order valence-electron chi connectivity index (χ4n) is 2.20. The average Bonchev–Trinajstić information content (AvgIpc) is 3.00. The lowest BCUT2D eigenvalue weighted by Crippen LogP contribution is -2.46. The van der Waals surface area contributed by atoms with Gasteiger partial charge in [-0.1, -0.05) is 5.21 Å². The Morgan fingerprint density at radius 2 is 2.14 bits per heavy atom. The van der Waals surface area contributed by atoms with Crippen molar-refractivity contribution in [2.45, 2.75) is 25.8 Å². The van der Waals surface area contributed by atoms with Crippen LogP contribution in [-0.2, 0) is 19.7 Å². The third kappa shape index (κ3) is 3.74. The minimum atomic E-state index is -3.65.